The van der Waals surface area contributed by atoms with Crippen molar-refractivity contribution in [2.75, 3.05) is 4.90 Å². The summed E-state index contributed by atoms with van der Waals surface area (Å²) in [5, 5.41) is 0. The van der Waals surface area contributed by atoms with Crippen molar-refractivity contribution in [3.05, 3.63) is 261 Å². The molecule has 0 saturated carbocycles. The number of hydrogen-bond acceptors (Lipinski definition) is 1. The van der Waals surface area contributed by atoms with Crippen LogP contribution in [0.1, 0.15) is 0 Å². The minimum atomic E-state index is 1.07. The summed E-state index contributed by atoms with van der Waals surface area (Å²) >= 11 is 0. The van der Waals surface area contributed by atoms with Gasteiger partial charge in [-0.3, -0.25) is 0 Å². The van der Waals surface area contributed by atoms with Crippen LogP contribution in [0.3, 0.4) is 0 Å². The van der Waals surface area contributed by atoms with Gasteiger partial charge in [0.05, 0.1) is 0 Å². The van der Waals surface area contributed by atoms with Gasteiger partial charge >= 0.3 is 0 Å². The standard InChI is InChI=1S/C60H43N/c1-6-20-44(21-7-1)45-34-38-51(39-35-45)61(52-40-36-49(37-41-52)55-31-17-19-33-57(55)56-32-18-16-30-54(56)46-22-8-2-9-23-46)53-42-58(47-24-10-3-11-25-47)60(50-28-14-5-15-29-50)59(43-53)48-26-12-4-13-27-48/h1-43H. The van der Waals surface area contributed by atoms with Crippen LogP contribution in [0, 0.1) is 0 Å². The van der Waals surface area contributed by atoms with Crippen LogP contribution in [0.15, 0.2) is 261 Å². The minimum absolute atomic E-state index is 1.07. The number of nitrogens with zero attached hydrogens (tertiary/aromatic N) is 1. The number of hydrogen-bond donors (Lipinski definition) is 0. The van der Waals surface area contributed by atoms with E-state index in [9.17, 15) is 0 Å². The monoisotopic (exact) mass is 777 g/mol. The summed E-state index contributed by atoms with van der Waals surface area (Å²) in [5.74, 6) is 0. The van der Waals surface area contributed by atoms with Gasteiger partial charge in [0.15, 0.2) is 0 Å². The van der Waals surface area contributed by atoms with Crippen LogP contribution >= 0.6 is 0 Å². The zero-order valence-corrected chi connectivity index (χ0v) is 33.8. The van der Waals surface area contributed by atoms with Crippen LogP contribution in [-0.2, 0) is 0 Å². The molecule has 10 aromatic carbocycles. The van der Waals surface area contributed by atoms with E-state index in [4.69, 9.17) is 0 Å². The normalized spacial score (nSPS) is 11.0. The van der Waals surface area contributed by atoms with Crippen molar-refractivity contribution in [1.29, 1.82) is 0 Å². The van der Waals surface area contributed by atoms with Gasteiger partial charge < -0.3 is 4.90 Å². The highest BCUT2D eigenvalue weighted by molar-refractivity contribution is 5.99. The second-order valence-corrected chi connectivity index (χ2v) is 15.3. The van der Waals surface area contributed by atoms with Gasteiger partial charge in [-0.2, -0.15) is 0 Å². The van der Waals surface area contributed by atoms with E-state index in [1.807, 2.05) is 0 Å². The van der Waals surface area contributed by atoms with E-state index < -0.39 is 0 Å². The average molecular weight is 778 g/mol. The Morgan fingerprint density at radius 1 is 0.180 bits per heavy atom. The number of rotatable bonds is 10. The van der Waals surface area contributed by atoms with Crippen LogP contribution in [0.2, 0.25) is 0 Å². The minimum Gasteiger partial charge on any atom is -0.310 e. The summed E-state index contributed by atoms with van der Waals surface area (Å²) in [5.41, 5.74) is 19.9. The predicted molar refractivity (Wildman–Crippen MR) is 259 cm³/mol. The first-order valence-corrected chi connectivity index (χ1v) is 20.9. The summed E-state index contributed by atoms with van der Waals surface area (Å²) in [6, 6.07) is 94.0. The summed E-state index contributed by atoms with van der Waals surface area (Å²) in [6.07, 6.45) is 0. The lowest BCUT2D eigenvalue weighted by molar-refractivity contribution is 1.28. The molecule has 61 heavy (non-hydrogen) atoms. The lowest BCUT2D eigenvalue weighted by Gasteiger charge is -2.29. The third kappa shape index (κ3) is 7.69. The molecular formula is C60H43N. The molecule has 10 rings (SSSR count). The van der Waals surface area contributed by atoms with Crippen molar-refractivity contribution in [1.82, 2.24) is 0 Å². The summed E-state index contributed by atoms with van der Waals surface area (Å²) in [4.78, 5) is 2.41. The molecule has 0 fully saturated rings. The van der Waals surface area contributed by atoms with Crippen LogP contribution < -0.4 is 4.90 Å². The molecule has 1 heteroatoms. The molecule has 0 aliphatic heterocycles. The molecule has 10 aromatic rings. The smallest absolute Gasteiger partial charge is 0.0474 e. The third-order valence-electron chi connectivity index (χ3n) is 11.5. The topological polar surface area (TPSA) is 3.24 Å². The summed E-state index contributed by atoms with van der Waals surface area (Å²) < 4.78 is 0. The maximum atomic E-state index is 2.41. The van der Waals surface area contributed by atoms with E-state index in [1.54, 1.807) is 0 Å². The largest absolute Gasteiger partial charge is 0.310 e. The van der Waals surface area contributed by atoms with Crippen LogP contribution in [-0.4, -0.2) is 0 Å². The average Bonchev–Trinajstić information content (AvgIpc) is 3.35. The lowest BCUT2D eigenvalue weighted by Crippen LogP contribution is -2.11. The van der Waals surface area contributed by atoms with Gasteiger partial charge in [-0.1, -0.05) is 224 Å². The van der Waals surface area contributed by atoms with E-state index in [0.717, 1.165) is 22.6 Å². The van der Waals surface area contributed by atoms with Gasteiger partial charge in [-0.05, 0) is 114 Å². The highest BCUT2D eigenvalue weighted by Crippen LogP contribution is 2.47. The second kappa shape index (κ2) is 17.1. The molecule has 0 aliphatic rings. The fraction of sp³-hybridized carbons (Fsp3) is 0. The highest BCUT2D eigenvalue weighted by atomic mass is 15.1. The van der Waals surface area contributed by atoms with Crippen molar-refractivity contribution >= 4 is 17.1 Å². The first kappa shape index (κ1) is 37.3. The number of anilines is 3. The van der Waals surface area contributed by atoms with Crippen molar-refractivity contribution < 1.29 is 0 Å². The van der Waals surface area contributed by atoms with Crippen LogP contribution in [0.25, 0.3) is 77.9 Å². The van der Waals surface area contributed by atoms with Gasteiger partial charge in [0.1, 0.15) is 0 Å². The summed E-state index contributed by atoms with van der Waals surface area (Å²) in [6.45, 7) is 0. The fourth-order valence-electron chi connectivity index (χ4n) is 8.59. The van der Waals surface area contributed by atoms with Crippen LogP contribution in [0.5, 0.6) is 0 Å². The molecule has 0 amide bonds. The van der Waals surface area contributed by atoms with E-state index in [2.05, 4.69) is 266 Å². The maximum Gasteiger partial charge on any atom is 0.0474 e. The lowest BCUT2D eigenvalue weighted by atomic mass is 9.86. The van der Waals surface area contributed by atoms with Crippen molar-refractivity contribution in [2.45, 2.75) is 0 Å². The molecule has 0 saturated heterocycles. The third-order valence-corrected chi connectivity index (χ3v) is 11.5. The molecule has 0 aliphatic carbocycles. The second-order valence-electron chi connectivity index (χ2n) is 15.3. The van der Waals surface area contributed by atoms with Gasteiger partial charge in [-0.15, -0.1) is 0 Å². The van der Waals surface area contributed by atoms with Crippen LogP contribution in [0.4, 0.5) is 17.1 Å². The molecule has 0 radical (unpaired) electrons. The molecule has 0 atom stereocenters. The Bertz CT molecular complexity index is 2950. The van der Waals surface area contributed by atoms with Crippen molar-refractivity contribution in [3.63, 3.8) is 0 Å². The Balaban J connectivity index is 1.15. The predicted octanol–water partition coefficient (Wildman–Crippen LogP) is 16.8. The quantitative estimate of drug-likeness (QED) is 0.134. The Hall–Kier alpha value is -8.00. The van der Waals surface area contributed by atoms with E-state index >= 15 is 0 Å². The van der Waals surface area contributed by atoms with Crippen molar-refractivity contribution in [2.24, 2.45) is 0 Å². The highest BCUT2D eigenvalue weighted by Gasteiger charge is 2.21. The molecule has 1 nitrogen and oxygen atoms in total. The molecule has 0 spiro atoms. The van der Waals surface area contributed by atoms with E-state index in [-0.39, 0.29) is 0 Å². The first-order chi connectivity index (χ1) is 30.3. The van der Waals surface area contributed by atoms with Gasteiger partial charge in [0, 0.05) is 17.1 Å². The van der Waals surface area contributed by atoms with Gasteiger partial charge in [-0.25, -0.2) is 0 Å². The Morgan fingerprint density at radius 2 is 0.459 bits per heavy atom. The van der Waals surface area contributed by atoms with Gasteiger partial charge in [0.2, 0.25) is 0 Å². The van der Waals surface area contributed by atoms with Crippen molar-refractivity contribution in [3.8, 4) is 77.9 Å². The molecular weight excluding hydrogens is 735 g/mol. The zero-order chi connectivity index (χ0) is 40.8. The molecule has 0 heterocycles. The Labute approximate surface area is 359 Å². The Morgan fingerprint density at radius 3 is 0.869 bits per heavy atom. The zero-order valence-electron chi connectivity index (χ0n) is 33.8. The van der Waals surface area contributed by atoms with Gasteiger partial charge in [0.25, 0.3) is 0 Å². The molecule has 0 N–H and O–H groups in total. The van der Waals surface area contributed by atoms with E-state index in [0.29, 0.717) is 0 Å². The molecule has 288 valence electrons. The summed E-state index contributed by atoms with van der Waals surface area (Å²) in [7, 11) is 0. The molecule has 0 bridgehead atoms. The Kier molecular flexibility index (Phi) is 10.4. The van der Waals surface area contributed by atoms with E-state index in [1.165, 1.54) is 72.3 Å². The molecule has 0 aromatic heterocycles. The SMILES string of the molecule is c1ccc(-c2ccc(N(c3ccc(-c4ccccc4-c4ccccc4-c4ccccc4)cc3)c3cc(-c4ccccc4)c(-c4ccccc4)c(-c4ccccc4)c3)cc2)cc1. The molecule has 0 unspecified atom stereocenters. The fourth-order valence-corrected chi connectivity index (χ4v) is 8.59. The first-order valence-electron chi connectivity index (χ1n) is 20.9. The maximum absolute atomic E-state index is 2.41. The number of benzene rings is 10.